The molecular weight excluding hydrogens is 442 g/mol. The number of carbonyl (C=O) groups excluding carboxylic acids is 1. The number of hydrogen-bond acceptors (Lipinski definition) is 7. The van der Waals surface area contributed by atoms with Gasteiger partial charge in [-0.15, -0.1) is 0 Å². The lowest BCUT2D eigenvalue weighted by atomic mass is 10.2. The molecule has 1 aliphatic heterocycles. The Bertz CT molecular complexity index is 1170. The molecule has 0 spiro atoms. The molecule has 0 radical (unpaired) electrons. The Morgan fingerprint density at radius 1 is 1.06 bits per heavy atom. The Hall–Kier alpha value is -2.75. The van der Waals surface area contributed by atoms with Crippen molar-refractivity contribution in [2.75, 3.05) is 13.1 Å². The average molecular weight is 462 g/mol. The molecule has 4 rings (SSSR count). The lowest BCUT2D eigenvalue weighted by molar-refractivity contribution is 0.0425. The van der Waals surface area contributed by atoms with Gasteiger partial charge in [-0.1, -0.05) is 35.3 Å². The van der Waals surface area contributed by atoms with Crippen molar-refractivity contribution in [3.05, 3.63) is 65.0 Å². The Morgan fingerprint density at radius 2 is 1.77 bits per heavy atom. The molecule has 2 heterocycles. The van der Waals surface area contributed by atoms with Gasteiger partial charge in [-0.25, -0.2) is 13.2 Å². The minimum atomic E-state index is -3.79. The molecule has 2 aromatic carbocycles. The van der Waals surface area contributed by atoms with Gasteiger partial charge in [-0.2, -0.15) is 9.29 Å². The molecule has 0 aliphatic carbocycles. The highest BCUT2D eigenvalue weighted by Crippen LogP contribution is 2.24. The van der Waals surface area contributed by atoms with Gasteiger partial charge in [0.25, 0.3) is 5.89 Å². The quantitative estimate of drug-likeness (QED) is 0.512. The van der Waals surface area contributed by atoms with E-state index in [1.54, 1.807) is 36.4 Å². The number of carbonyl (C=O) groups is 1. The first-order valence-electron chi connectivity index (χ1n) is 9.80. The smallest absolute Gasteiger partial charge is 0.340 e. The topological polar surface area (TPSA) is 103 Å². The molecule has 1 aliphatic rings. The van der Waals surface area contributed by atoms with Gasteiger partial charge in [-0.3, -0.25) is 0 Å². The molecule has 31 heavy (non-hydrogen) atoms. The first-order chi connectivity index (χ1) is 14.9. The number of benzene rings is 2. The summed E-state index contributed by atoms with van der Waals surface area (Å²) in [4.78, 5) is 16.8. The third-order valence-corrected chi connectivity index (χ3v) is 7.15. The largest absolute Gasteiger partial charge is 0.452 e. The predicted molar refractivity (Wildman–Crippen MR) is 113 cm³/mol. The van der Waals surface area contributed by atoms with E-state index in [0.29, 0.717) is 29.5 Å². The minimum absolute atomic E-state index is 0.0227. The number of nitrogens with zero attached hydrogens (tertiary/aromatic N) is 3. The van der Waals surface area contributed by atoms with Crippen LogP contribution in [0.5, 0.6) is 0 Å². The Kier molecular flexibility index (Phi) is 6.35. The zero-order chi connectivity index (χ0) is 21.8. The molecule has 0 N–H and O–H groups in total. The lowest BCUT2D eigenvalue weighted by Crippen LogP contribution is -2.36. The number of halogens is 1. The molecule has 0 saturated carbocycles. The van der Waals surface area contributed by atoms with Crippen LogP contribution in [0.2, 0.25) is 5.02 Å². The van der Waals surface area contributed by atoms with Gasteiger partial charge in [0.15, 0.2) is 6.61 Å². The summed E-state index contributed by atoms with van der Waals surface area (Å²) in [5.41, 5.74) is 0.675. The SMILES string of the molecule is O=C(OCc1nc(-c2ccc(Cl)cc2)no1)c1ccccc1S(=O)(=O)N1CCCCC1. The van der Waals surface area contributed by atoms with E-state index in [1.165, 1.54) is 16.4 Å². The normalized spacial score (nSPS) is 15.0. The predicted octanol–water partition coefficient (Wildman–Crippen LogP) is 3.92. The molecule has 0 unspecified atom stereocenters. The summed E-state index contributed by atoms with van der Waals surface area (Å²) in [5, 5.41) is 4.44. The number of rotatable bonds is 6. The van der Waals surface area contributed by atoms with Crippen LogP contribution >= 0.6 is 11.6 Å². The van der Waals surface area contributed by atoms with E-state index in [9.17, 15) is 13.2 Å². The second-order valence-corrected chi connectivity index (χ2v) is 9.40. The molecule has 1 aromatic heterocycles. The van der Waals surface area contributed by atoms with Gasteiger partial charge in [0, 0.05) is 23.7 Å². The zero-order valence-corrected chi connectivity index (χ0v) is 18.1. The summed E-state index contributed by atoms with van der Waals surface area (Å²) in [5.74, 6) is -0.354. The Balaban J connectivity index is 1.48. The fourth-order valence-corrected chi connectivity index (χ4v) is 5.16. The monoisotopic (exact) mass is 461 g/mol. The van der Waals surface area contributed by atoms with Crippen LogP contribution in [0.4, 0.5) is 0 Å². The molecule has 0 bridgehead atoms. The molecule has 0 amide bonds. The molecular formula is C21H20ClN3O5S. The van der Waals surface area contributed by atoms with Crippen molar-refractivity contribution in [3.8, 4) is 11.4 Å². The zero-order valence-electron chi connectivity index (χ0n) is 16.5. The number of piperidine rings is 1. The number of ether oxygens (including phenoxy) is 1. The lowest BCUT2D eigenvalue weighted by Gasteiger charge is -2.26. The van der Waals surface area contributed by atoms with Gasteiger partial charge < -0.3 is 9.26 Å². The van der Waals surface area contributed by atoms with Crippen molar-refractivity contribution >= 4 is 27.6 Å². The van der Waals surface area contributed by atoms with Crippen LogP contribution < -0.4 is 0 Å². The third kappa shape index (κ3) is 4.79. The Morgan fingerprint density at radius 3 is 2.52 bits per heavy atom. The van der Waals surface area contributed by atoms with E-state index in [4.69, 9.17) is 20.9 Å². The summed E-state index contributed by atoms with van der Waals surface area (Å²) in [6, 6.07) is 12.9. The molecule has 162 valence electrons. The van der Waals surface area contributed by atoms with Crippen LogP contribution in [-0.2, 0) is 21.4 Å². The molecule has 3 aromatic rings. The van der Waals surface area contributed by atoms with Crippen molar-refractivity contribution in [1.29, 1.82) is 0 Å². The van der Waals surface area contributed by atoms with Crippen molar-refractivity contribution in [1.82, 2.24) is 14.4 Å². The second-order valence-electron chi connectivity index (χ2n) is 7.06. The highest BCUT2D eigenvalue weighted by Gasteiger charge is 2.30. The van der Waals surface area contributed by atoms with E-state index in [2.05, 4.69) is 10.1 Å². The summed E-state index contributed by atoms with van der Waals surface area (Å²) < 4.78 is 37.9. The van der Waals surface area contributed by atoms with Gasteiger partial charge in [0.1, 0.15) is 0 Å². The van der Waals surface area contributed by atoms with Crippen molar-refractivity contribution in [2.45, 2.75) is 30.8 Å². The van der Waals surface area contributed by atoms with Gasteiger partial charge >= 0.3 is 5.97 Å². The Labute approximate surface area is 184 Å². The molecule has 8 nitrogen and oxygen atoms in total. The molecule has 10 heteroatoms. The maximum atomic E-state index is 13.0. The van der Waals surface area contributed by atoms with Crippen LogP contribution in [0.15, 0.2) is 57.9 Å². The average Bonchev–Trinajstić information content (AvgIpc) is 3.27. The first kappa shape index (κ1) is 21.5. The molecule has 0 atom stereocenters. The highest BCUT2D eigenvalue weighted by atomic mass is 35.5. The number of sulfonamides is 1. The van der Waals surface area contributed by atoms with Crippen LogP contribution in [0, 0.1) is 0 Å². The minimum Gasteiger partial charge on any atom is -0.452 e. The van der Waals surface area contributed by atoms with E-state index in [-0.39, 0.29) is 23.0 Å². The van der Waals surface area contributed by atoms with Crippen LogP contribution in [0.3, 0.4) is 0 Å². The summed E-state index contributed by atoms with van der Waals surface area (Å²) in [7, 11) is -3.79. The highest BCUT2D eigenvalue weighted by molar-refractivity contribution is 7.89. The van der Waals surface area contributed by atoms with Crippen molar-refractivity contribution < 1.29 is 22.5 Å². The van der Waals surface area contributed by atoms with Crippen LogP contribution in [0.1, 0.15) is 35.5 Å². The van der Waals surface area contributed by atoms with E-state index < -0.39 is 16.0 Å². The van der Waals surface area contributed by atoms with Crippen LogP contribution in [-0.4, -0.2) is 41.9 Å². The second kappa shape index (κ2) is 9.17. The summed E-state index contributed by atoms with van der Waals surface area (Å²) in [6.07, 6.45) is 2.61. The maximum absolute atomic E-state index is 13.0. The fourth-order valence-electron chi connectivity index (χ4n) is 3.34. The van der Waals surface area contributed by atoms with Crippen molar-refractivity contribution in [3.63, 3.8) is 0 Å². The standard InChI is InChI=1S/C21H20ClN3O5S/c22-16-10-8-15(9-11-16)20-23-19(30-24-20)14-29-21(26)17-6-2-3-7-18(17)31(27,28)25-12-4-1-5-13-25/h2-3,6-11H,1,4-5,12-14H2. The van der Waals surface area contributed by atoms with E-state index in [1.807, 2.05) is 0 Å². The maximum Gasteiger partial charge on any atom is 0.340 e. The number of hydrogen-bond donors (Lipinski definition) is 0. The van der Waals surface area contributed by atoms with E-state index >= 15 is 0 Å². The summed E-state index contributed by atoms with van der Waals surface area (Å²) in [6.45, 7) is 0.611. The van der Waals surface area contributed by atoms with Crippen LogP contribution in [0.25, 0.3) is 11.4 Å². The van der Waals surface area contributed by atoms with Gasteiger partial charge in [0.2, 0.25) is 15.8 Å². The van der Waals surface area contributed by atoms with Gasteiger partial charge in [-0.05, 0) is 49.2 Å². The molecule has 1 saturated heterocycles. The number of esters is 1. The molecule has 1 fully saturated rings. The summed E-state index contributed by atoms with van der Waals surface area (Å²) >= 11 is 5.87. The first-order valence-corrected chi connectivity index (χ1v) is 11.6. The fraction of sp³-hybridized carbons (Fsp3) is 0.286. The number of aromatic nitrogens is 2. The van der Waals surface area contributed by atoms with Crippen molar-refractivity contribution in [2.24, 2.45) is 0 Å². The third-order valence-electron chi connectivity index (χ3n) is 4.94. The van der Waals surface area contributed by atoms with E-state index in [0.717, 1.165) is 19.3 Å². The van der Waals surface area contributed by atoms with Gasteiger partial charge in [0.05, 0.1) is 10.5 Å².